The molecule has 0 aliphatic heterocycles. The number of halogens is 1. The molecular weight excluding hydrogens is 302 g/mol. The van der Waals surface area contributed by atoms with E-state index >= 15 is 0 Å². The summed E-state index contributed by atoms with van der Waals surface area (Å²) in [5, 5.41) is 3.39. The average molecular weight is 322 g/mol. The molecule has 2 aromatic rings. The van der Waals surface area contributed by atoms with Gasteiger partial charge in [0.15, 0.2) is 0 Å². The second-order valence-electron chi connectivity index (χ2n) is 4.67. The minimum absolute atomic E-state index is 0.870. The van der Waals surface area contributed by atoms with Crippen LogP contribution in [0.3, 0.4) is 0 Å². The van der Waals surface area contributed by atoms with Crippen molar-refractivity contribution in [1.82, 2.24) is 14.9 Å². The first kappa shape index (κ1) is 14.3. The monoisotopic (exact) mass is 321 g/mol. The summed E-state index contributed by atoms with van der Waals surface area (Å²) in [6, 6.07) is 8.38. The summed E-state index contributed by atoms with van der Waals surface area (Å²) < 4.78 is 3.26. The third kappa shape index (κ3) is 4.80. The summed E-state index contributed by atoms with van der Waals surface area (Å²) in [5.41, 5.74) is 2.43. The highest BCUT2D eigenvalue weighted by Gasteiger charge is 2.00. The minimum atomic E-state index is 0.870. The smallest absolute Gasteiger partial charge is 0.0952 e. The molecule has 0 spiro atoms. The maximum Gasteiger partial charge on any atom is 0.0952 e. The molecule has 0 saturated carbocycles. The largest absolute Gasteiger partial charge is 0.333 e. The van der Waals surface area contributed by atoms with Crippen LogP contribution in [0.25, 0.3) is 0 Å². The van der Waals surface area contributed by atoms with E-state index in [2.05, 4.69) is 62.1 Å². The van der Waals surface area contributed by atoms with Gasteiger partial charge in [-0.15, -0.1) is 0 Å². The van der Waals surface area contributed by atoms with Crippen molar-refractivity contribution in [2.75, 3.05) is 13.1 Å². The Morgan fingerprint density at radius 2 is 2.21 bits per heavy atom. The predicted molar refractivity (Wildman–Crippen MR) is 82.3 cm³/mol. The Morgan fingerprint density at radius 3 is 3.00 bits per heavy atom. The summed E-state index contributed by atoms with van der Waals surface area (Å²) in [4.78, 5) is 4.44. The van der Waals surface area contributed by atoms with Crippen LogP contribution in [0.2, 0.25) is 0 Å². The third-order valence-corrected chi connectivity index (χ3v) is 3.42. The number of nitrogens with one attached hydrogen (secondary N) is 1. The molecule has 102 valence electrons. The average Bonchev–Trinajstić information content (AvgIpc) is 2.82. The molecule has 0 bridgehead atoms. The van der Waals surface area contributed by atoms with Gasteiger partial charge in [0.05, 0.1) is 12.0 Å². The van der Waals surface area contributed by atoms with Gasteiger partial charge >= 0.3 is 0 Å². The van der Waals surface area contributed by atoms with Gasteiger partial charge in [0.1, 0.15) is 0 Å². The molecule has 0 radical (unpaired) electrons. The van der Waals surface area contributed by atoms with Gasteiger partial charge in [-0.05, 0) is 30.7 Å². The second-order valence-corrected chi connectivity index (χ2v) is 5.58. The molecule has 1 aromatic heterocycles. The molecule has 0 amide bonds. The summed E-state index contributed by atoms with van der Waals surface area (Å²) in [6.45, 7) is 5.13. The predicted octanol–water partition coefficient (Wildman–Crippen LogP) is 3.24. The Bertz CT molecular complexity index is 508. The fraction of sp³-hybridized carbons (Fsp3) is 0.400. The van der Waals surface area contributed by atoms with Crippen molar-refractivity contribution in [3.63, 3.8) is 0 Å². The van der Waals surface area contributed by atoms with Crippen molar-refractivity contribution in [3.05, 3.63) is 52.5 Å². The van der Waals surface area contributed by atoms with Crippen molar-refractivity contribution in [2.24, 2.45) is 0 Å². The summed E-state index contributed by atoms with van der Waals surface area (Å²) in [6.07, 6.45) is 6.22. The number of hydrogen-bond donors (Lipinski definition) is 1. The van der Waals surface area contributed by atoms with E-state index in [1.807, 2.05) is 12.4 Å². The lowest BCUT2D eigenvalue weighted by molar-refractivity contribution is 0.666. The van der Waals surface area contributed by atoms with Gasteiger partial charge in [-0.25, -0.2) is 4.98 Å². The van der Waals surface area contributed by atoms with Crippen molar-refractivity contribution in [2.45, 2.75) is 26.3 Å². The van der Waals surface area contributed by atoms with Crippen molar-refractivity contribution in [1.29, 1.82) is 0 Å². The van der Waals surface area contributed by atoms with E-state index in [1.54, 1.807) is 0 Å². The first-order valence-corrected chi connectivity index (χ1v) is 7.53. The zero-order chi connectivity index (χ0) is 13.5. The maximum absolute atomic E-state index is 4.44. The quantitative estimate of drug-likeness (QED) is 0.793. The third-order valence-electron chi connectivity index (χ3n) is 2.93. The molecule has 3 nitrogen and oxygen atoms in total. The summed E-state index contributed by atoms with van der Waals surface area (Å²) in [5.74, 6) is 0. The van der Waals surface area contributed by atoms with Crippen LogP contribution >= 0.6 is 15.9 Å². The lowest BCUT2D eigenvalue weighted by atomic mass is 10.2. The van der Waals surface area contributed by atoms with E-state index in [4.69, 9.17) is 0 Å². The van der Waals surface area contributed by atoms with Crippen LogP contribution in [-0.2, 0) is 13.0 Å². The molecular formula is C15H20BrN3. The molecule has 1 aromatic carbocycles. The van der Waals surface area contributed by atoms with Gasteiger partial charge in [0.25, 0.3) is 0 Å². The molecule has 0 atom stereocenters. The number of hydrogen-bond acceptors (Lipinski definition) is 2. The van der Waals surface area contributed by atoms with Gasteiger partial charge < -0.3 is 9.88 Å². The normalized spacial score (nSPS) is 10.8. The Labute approximate surface area is 123 Å². The molecule has 0 aliphatic rings. The van der Waals surface area contributed by atoms with Crippen molar-refractivity contribution in [3.8, 4) is 0 Å². The Hall–Kier alpha value is -1.13. The first-order valence-electron chi connectivity index (χ1n) is 6.73. The fourth-order valence-corrected chi connectivity index (χ4v) is 2.43. The highest BCUT2D eigenvalue weighted by atomic mass is 79.9. The van der Waals surface area contributed by atoms with Gasteiger partial charge in [-0.1, -0.05) is 35.0 Å². The Morgan fingerprint density at radius 1 is 1.32 bits per heavy atom. The highest BCUT2D eigenvalue weighted by molar-refractivity contribution is 9.10. The van der Waals surface area contributed by atoms with Crippen LogP contribution in [0.4, 0.5) is 0 Å². The molecule has 0 fully saturated rings. The number of benzene rings is 1. The van der Waals surface area contributed by atoms with Gasteiger partial charge in [-0.3, -0.25) is 0 Å². The molecule has 19 heavy (non-hydrogen) atoms. The van der Waals surface area contributed by atoms with E-state index < -0.39 is 0 Å². The topological polar surface area (TPSA) is 29.9 Å². The van der Waals surface area contributed by atoms with Crippen LogP contribution in [0.15, 0.2) is 41.3 Å². The van der Waals surface area contributed by atoms with Crippen LogP contribution in [-0.4, -0.2) is 22.6 Å². The number of imidazole rings is 1. The molecule has 1 heterocycles. The standard InChI is InChI=1S/C15H20BrN3/c1-2-7-17-8-6-15-11-19(12-18-15)10-13-4-3-5-14(16)9-13/h3-5,9,11-12,17H,2,6-8,10H2,1H3. The molecule has 4 heteroatoms. The lowest BCUT2D eigenvalue weighted by Gasteiger charge is -2.03. The highest BCUT2D eigenvalue weighted by Crippen LogP contribution is 2.13. The summed E-state index contributed by atoms with van der Waals surface area (Å²) >= 11 is 3.50. The number of nitrogens with zero attached hydrogens (tertiary/aromatic N) is 2. The Balaban J connectivity index is 1.87. The molecule has 0 unspecified atom stereocenters. The van der Waals surface area contributed by atoms with E-state index in [0.29, 0.717) is 0 Å². The van der Waals surface area contributed by atoms with Gasteiger partial charge in [0.2, 0.25) is 0 Å². The zero-order valence-corrected chi connectivity index (χ0v) is 12.9. The molecule has 0 saturated heterocycles. The lowest BCUT2D eigenvalue weighted by Crippen LogP contribution is -2.17. The number of rotatable bonds is 7. The van der Waals surface area contributed by atoms with E-state index in [1.165, 1.54) is 12.0 Å². The molecule has 1 N–H and O–H groups in total. The molecule has 2 rings (SSSR count). The maximum atomic E-state index is 4.44. The van der Waals surface area contributed by atoms with E-state index in [9.17, 15) is 0 Å². The van der Waals surface area contributed by atoms with Crippen LogP contribution in [0.5, 0.6) is 0 Å². The molecule has 0 aliphatic carbocycles. The van der Waals surface area contributed by atoms with E-state index in [-0.39, 0.29) is 0 Å². The van der Waals surface area contributed by atoms with E-state index in [0.717, 1.165) is 36.2 Å². The number of aromatic nitrogens is 2. The van der Waals surface area contributed by atoms with Crippen LogP contribution in [0, 0.1) is 0 Å². The van der Waals surface area contributed by atoms with Crippen molar-refractivity contribution < 1.29 is 0 Å². The van der Waals surface area contributed by atoms with Gasteiger partial charge in [0, 0.05) is 30.2 Å². The minimum Gasteiger partial charge on any atom is -0.333 e. The first-order chi connectivity index (χ1) is 9.28. The second kappa shape index (κ2) is 7.46. The van der Waals surface area contributed by atoms with Gasteiger partial charge in [-0.2, -0.15) is 0 Å². The Kier molecular flexibility index (Phi) is 5.61. The summed E-state index contributed by atoms with van der Waals surface area (Å²) in [7, 11) is 0. The zero-order valence-electron chi connectivity index (χ0n) is 11.3. The fourth-order valence-electron chi connectivity index (χ4n) is 1.99. The van der Waals surface area contributed by atoms with Crippen LogP contribution in [0.1, 0.15) is 24.6 Å². The van der Waals surface area contributed by atoms with Crippen LogP contribution < -0.4 is 5.32 Å². The van der Waals surface area contributed by atoms with Crippen molar-refractivity contribution >= 4 is 15.9 Å². The SMILES string of the molecule is CCCNCCc1cn(Cc2cccc(Br)c2)cn1.